The van der Waals surface area contributed by atoms with E-state index in [1.807, 2.05) is 45.2 Å². The van der Waals surface area contributed by atoms with Gasteiger partial charge in [-0.25, -0.2) is 8.42 Å². The zero-order chi connectivity index (χ0) is 35.8. The Kier molecular flexibility index (Phi) is 9.89. The summed E-state index contributed by atoms with van der Waals surface area (Å²) in [7, 11) is 0.0488. The van der Waals surface area contributed by atoms with Crippen LogP contribution >= 0.6 is 0 Å². The van der Waals surface area contributed by atoms with Crippen LogP contribution in [0.3, 0.4) is 0 Å². The second kappa shape index (κ2) is 13.9. The third-order valence-electron chi connectivity index (χ3n) is 10.4. The van der Waals surface area contributed by atoms with Crippen LogP contribution in [-0.2, 0) is 25.8 Å². The number of hydrogen-bond donors (Lipinski definition) is 2. The summed E-state index contributed by atoms with van der Waals surface area (Å²) in [6.07, 6.45) is 8.92. The molecule has 1 aliphatic heterocycles. The Morgan fingerprint density at radius 3 is 2.50 bits per heavy atom. The molecule has 50 heavy (non-hydrogen) atoms. The molecule has 1 amide bonds. The molecule has 0 saturated carbocycles. The van der Waals surface area contributed by atoms with Crippen molar-refractivity contribution in [1.29, 1.82) is 0 Å². The van der Waals surface area contributed by atoms with E-state index in [-0.39, 0.29) is 31.6 Å². The number of hydrogen-bond acceptors (Lipinski definition) is 8. The van der Waals surface area contributed by atoms with Crippen molar-refractivity contribution in [3.05, 3.63) is 77.2 Å². The van der Waals surface area contributed by atoms with Crippen molar-refractivity contribution in [1.82, 2.24) is 19.5 Å². The summed E-state index contributed by atoms with van der Waals surface area (Å²) >= 11 is 0. The van der Waals surface area contributed by atoms with Crippen LogP contribution in [0.25, 0.3) is 5.65 Å². The predicted octanol–water partition coefficient (Wildman–Crippen LogP) is 7.65. The number of nitrogens with zero attached hydrogens (tertiary/aromatic N) is 4. The maximum absolute atomic E-state index is 13.3. The van der Waals surface area contributed by atoms with Gasteiger partial charge in [0.15, 0.2) is 17.2 Å². The number of likely N-dealkylation sites (tertiary alicyclic amines) is 1. The van der Waals surface area contributed by atoms with Gasteiger partial charge in [-0.3, -0.25) is 18.8 Å². The Bertz CT molecular complexity index is 2000. The van der Waals surface area contributed by atoms with Gasteiger partial charge in [0.05, 0.1) is 36.5 Å². The molecule has 12 heteroatoms. The molecule has 2 aliphatic rings. The first-order chi connectivity index (χ1) is 23.7. The number of aromatic nitrogens is 3. The monoisotopic (exact) mass is 706 g/mol. The summed E-state index contributed by atoms with van der Waals surface area (Å²) < 4.78 is 41.1. The lowest BCUT2D eigenvalue weighted by molar-refractivity contribution is -0.116. The smallest absolute Gasteiger partial charge is 0.229 e. The largest absolute Gasteiger partial charge is 0.492 e. The van der Waals surface area contributed by atoms with E-state index in [1.54, 1.807) is 6.07 Å². The van der Waals surface area contributed by atoms with Crippen LogP contribution in [0.5, 0.6) is 11.5 Å². The molecule has 0 bridgehead atoms. The van der Waals surface area contributed by atoms with Gasteiger partial charge in [0.1, 0.15) is 11.9 Å². The topological polar surface area (TPSA) is 127 Å². The van der Waals surface area contributed by atoms with Crippen LogP contribution in [0.15, 0.2) is 54.7 Å². The lowest BCUT2D eigenvalue weighted by Crippen LogP contribution is -2.37. The number of methoxy groups -OCH3 is 1. The van der Waals surface area contributed by atoms with E-state index in [0.717, 1.165) is 67.7 Å². The highest BCUT2D eigenvalue weighted by molar-refractivity contribution is 7.92. The Morgan fingerprint density at radius 1 is 1.08 bits per heavy atom. The van der Waals surface area contributed by atoms with E-state index < -0.39 is 10.0 Å². The zero-order valence-corrected chi connectivity index (χ0v) is 31.1. The lowest BCUT2D eigenvalue weighted by Gasteiger charge is -2.32. The van der Waals surface area contributed by atoms with Crippen LogP contribution in [0.1, 0.15) is 110 Å². The van der Waals surface area contributed by atoms with Gasteiger partial charge in [-0.1, -0.05) is 45.0 Å². The fourth-order valence-electron chi connectivity index (χ4n) is 7.49. The Hall–Kier alpha value is -4.16. The number of nitrogens with one attached hydrogen (secondary N) is 2. The number of anilines is 2. The van der Waals surface area contributed by atoms with Gasteiger partial charge in [-0.2, -0.15) is 0 Å². The fourth-order valence-corrected chi connectivity index (χ4v) is 8.04. The molecule has 3 atom stereocenters. The normalized spacial score (nSPS) is 21.2. The minimum atomic E-state index is -3.57. The van der Waals surface area contributed by atoms with Gasteiger partial charge in [-0.15, -0.1) is 10.2 Å². The molecular weight excluding hydrogens is 653 g/mol. The van der Waals surface area contributed by atoms with Crippen LogP contribution in [0.4, 0.5) is 11.4 Å². The SMILES string of the molecule is COc1c(NC(=O)CCC[C@H]2CC[C@H](Oc3ccc4nnc([C@]5(C)CCCN5C)n4c3)c3ccccc32)cc(C(C)(C)C)cc1NS(C)(=O)=O.[HH].[HH]. The number of fused-ring (bicyclic) bond motifs is 2. The maximum Gasteiger partial charge on any atom is 0.229 e. The molecule has 4 aromatic rings. The molecule has 0 unspecified atom stereocenters. The maximum atomic E-state index is 13.3. The van der Waals surface area contributed by atoms with E-state index >= 15 is 0 Å². The zero-order valence-electron chi connectivity index (χ0n) is 30.2. The summed E-state index contributed by atoms with van der Waals surface area (Å²) in [5.74, 6) is 2.18. The average Bonchev–Trinajstić information content (AvgIpc) is 3.63. The number of rotatable bonds is 11. The van der Waals surface area contributed by atoms with Crippen molar-refractivity contribution in [2.45, 2.75) is 95.6 Å². The molecule has 3 heterocycles. The number of pyridine rings is 1. The first-order valence-electron chi connectivity index (χ1n) is 17.5. The molecule has 2 aromatic carbocycles. The molecule has 272 valence electrons. The van der Waals surface area contributed by atoms with Crippen molar-refractivity contribution in [3.8, 4) is 11.5 Å². The molecule has 1 fully saturated rings. The van der Waals surface area contributed by atoms with Crippen molar-refractivity contribution in [2.24, 2.45) is 0 Å². The molecule has 11 nitrogen and oxygen atoms in total. The molecule has 2 N–H and O–H groups in total. The quantitative estimate of drug-likeness (QED) is 0.163. The van der Waals surface area contributed by atoms with Gasteiger partial charge in [0, 0.05) is 9.27 Å². The van der Waals surface area contributed by atoms with E-state index in [0.29, 0.717) is 30.1 Å². The standard InChI is InChI=1S/C38H50N6O5S.2H2/c1-37(2,3)26-22-30(35(48-6)31(23-26)42-50(7,46)47)39-34(45)15-10-12-25-16-18-32(29-14-9-8-13-28(25)29)49-27-17-19-33-40-41-36(44(33)24-27)38(4)20-11-21-43(38)5;;/h8-9,13-14,17,19,22-25,32,42H,10-12,15-16,18,20-21H2,1-7H3,(H,39,45);2*1H/t25-,32-,38-;;/m0../s1. The van der Waals surface area contributed by atoms with Crippen LogP contribution < -0.4 is 19.5 Å². The highest BCUT2D eigenvalue weighted by atomic mass is 32.2. The third-order valence-corrected chi connectivity index (χ3v) is 11.0. The Morgan fingerprint density at radius 2 is 1.82 bits per heavy atom. The minimum Gasteiger partial charge on any atom is -0.492 e. The van der Waals surface area contributed by atoms with Crippen LogP contribution in [-0.4, -0.2) is 60.8 Å². The van der Waals surface area contributed by atoms with Crippen LogP contribution in [0, 0.1) is 0 Å². The molecular formula is C38H54N6O5S. The van der Waals surface area contributed by atoms with Crippen molar-refractivity contribution in [3.63, 3.8) is 0 Å². The van der Waals surface area contributed by atoms with Crippen molar-refractivity contribution >= 4 is 33.0 Å². The van der Waals surface area contributed by atoms with Gasteiger partial charge < -0.3 is 14.8 Å². The third kappa shape index (κ3) is 7.46. The van der Waals surface area contributed by atoms with Gasteiger partial charge >= 0.3 is 0 Å². The van der Waals surface area contributed by atoms with E-state index in [1.165, 1.54) is 18.2 Å². The second-order valence-electron chi connectivity index (χ2n) is 15.1. The lowest BCUT2D eigenvalue weighted by atomic mass is 9.79. The number of carbonyl (C=O) groups excluding carboxylic acids is 1. The van der Waals surface area contributed by atoms with Crippen molar-refractivity contribution < 1.29 is 25.5 Å². The number of amides is 1. The first kappa shape index (κ1) is 35.7. The molecule has 1 saturated heterocycles. The fraction of sp³-hybridized carbons (Fsp3) is 0.500. The number of ether oxygens (including phenoxy) is 2. The molecule has 1 aliphatic carbocycles. The van der Waals surface area contributed by atoms with Gasteiger partial charge in [0.25, 0.3) is 0 Å². The highest BCUT2D eigenvalue weighted by Crippen LogP contribution is 2.43. The van der Waals surface area contributed by atoms with E-state index in [9.17, 15) is 13.2 Å². The number of sulfonamides is 1. The Labute approximate surface area is 298 Å². The predicted molar refractivity (Wildman–Crippen MR) is 201 cm³/mol. The summed E-state index contributed by atoms with van der Waals surface area (Å²) in [6.45, 7) is 9.37. The summed E-state index contributed by atoms with van der Waals surface area (Å²) in [5.41, 5.74) is 4.43. The van der Waals surface area contributed by atoms with Gasteiger partial charge in [-0.05, 0) is 111 Å². The summed E-state index contributed by atoms with van der Waals surface area (Å²) in [6, 6.07) is 16.1. The second-order valence-corrected chi connectivity index (χ2v) is 16.8. The summed E-state index contributed by atoms with van der Waals surface area (Å²) in [5, 5.41) is 12.0. The number of carbonyl (C=O) groups is 1. The minimum absolute atomic E-state index is 0. The number of benzene rings is 2. The molecule has 2 aromatic heterocycles. The molecule has 6 rings (SSSR count). The highest BCUT2D eigenvalue weighted by Gasteiger charge is 2.40. The Balaban J connectivity index is 0.00000302. The average molecular weight is 707 g/mol. The van der Waals surface area contributed by atoms with Gasteiger partial charge in [0.2, 0.25) is 15.9 Å². The van der Waals surface area contributed by atoms with E-state index in [4.69, 9.17) is 9.47 Å². The van der Waals surface area contributed by atoms with Crippen molar-refractivity contribution in [2.75, 3.05) is 37.0 Å². The molecule has 0 spiro atoms. The van der Waals surface area contributed by atoms with E-state index in [2.05, 4.69) is 67.8 Å². The summed E-state index contributed by atoms with van der Waals surface area (Å²) in [4.78, 5) is 15.6. The first-order valence-corrected chi connectivity index (χ1v) is 19.4. The van der Waals surface area contributed by atoms with Crippen LogP contribution in [0.2, 0.25) is 0 Å². The molecule has 0 radical (unpaired) electrons.